The van der Waals surface area contributed by atoms with Crippen LogP contribution in [-0.4, -0.2) is 34.8 Å². The van der Waals surface area contributed by atoms with Gasteiger partial charge in [0.15, 0.2) is 0 Å². The fourth-order valence-corrected chi connectivity index (χ4v) is 4.77. The molecule has 1 aliphatic heterocycles. The molecule has 2 aromatic carbocycles. The van der Waals surface area contributed by atoms with Crippen molar-refractivity contribution in [2.45, 2.75) is 30.0 Å². The lowest BCUT2D eigenvalue weighted by Crippen LogP contribution is -2.38. The summed E-state index contributed by atoms with van der Waals surface area (Å²) in [5.74, 6) is 0.511. The third kappa shape index (κ3) is 6.66. The van der Waals surface area contributed by atoms with E-state index < -0.39 is 0 Å². The summed E-state index contributed by atoms with van der Waals surface area (Å²) < 4.78 is 0. The quantitative estimate of drug-likeness (QED) is 0.489. The first kappa shape index (κ1) is 23.0. The molecule has 2 heterocycles. The summed E-state index contributed by atoms with van der Waals surface area (Å²) in [7, 11) is 0. The first-order valence-corrected chi connectivity index (χ1v) is 12.1. The zero-order valence-corrected chi connectivity index (χ0v) is 19.3. The number of nitrogens with zero attached hydrogens (tertiary/aromatic N) is 2. The maximum atomic E-state index is 12.7. The van der Waals surface area contributed by atoms with Crippen LogP contribution in [-0.2, 0) is 17.1 Å². The van der Waals surface area contributed by atoms with Crippen LogP contribution in [0.1, 0.15) is 34.3 Å². The Bertz CT molecular complexity index is 1080. The van der Waals surface area contributed by atoms with Gasteiger partial charge >= 0.3 is 0 Å². The van der Waals surface area contributed by atoms with E-state index in [1.165, 1.54) is 5.56 Å². The van der Waals surface area contributed by atoms with Crippen LogP contribution in [0.25, 0.3) is 0 Å². The topological polar surface area (TPSA) is 88.3 Å². The van der Waals surface area contributed by atoms with E-state index in [2.05, 4.69) is 27.3 Å². The van der Waals surface area contributed by atoms with Crippen LogP contribution in [0.15, 0.2) is 78.0 Å². The van der Waals surface area contributed by atoms with Gasteiger partial charge in [-0.05, 0) is 79.5 Å². The molecule has 0 aliphatic carbocycles. The number of hydrogen-bond acceptors (Lipinski definition) is 5. The highest BCUT2D eigenvalue weighted by molar-refractivity contribution is 7.98. The Morgan fingerprint density at radius 1 is 1.03 bits per heavy atom. The largest absolute Gasteiger partial charge is 0.369 e. The number of amides is 2. The van der Waals surface area contributed by atoms with Crippen LogP contribution < -0.4 is 11.1 Å². The average Bonchev–Trinajstić information content (AvgIpc) is 2.84. The monoisotopic (exact) mass is 460 g/mol. The van der Waals surface area contributed by atoms with Gasteiger partial charge in [0.25, 0.3) is 5.91 Å². The number of hydrogen-bond donors (Lipinski definition) is 2. The van der Waals surface area contributed by atoms with Crippen molar-refractivity contribution in [2.75, 3.05) is 18.4 Å². The van der Waals surface area contributed by atoms with Gasteiger partial charge in [0.05, 0.1) is 0 Å². The Morgan fingerprint density at radius 3 is 2.48 bits per heavy atom. The molecule has 170 valence electrons. The van der Waals surface area contributed by atoms with Gasteiger partial charge in [-0.1, -0.05) is 18.2 Å². The van der Waals surface area contributed by atoms with Crippen molar-refractivity contribution in [3.05, 3.63) is 89.7 Å². The maximum Gasteiger partial charge on any atom is 0.255 e. The maximum absolute atomic E-state index is 12.7. The van der Waals surface area contributed by atoms with Gasteiger partial charge in [-0.3, -0.25) is 19.5 Å². The molecule has 3 aromatic rings. The number of piperidine rings is 1. The molecule has 33 heavy (non-hydrogen) atoms. The molecule has 3 N–H and O–H groups in total. The molecule has 0 radical (unpaired) electrons. The number of primary amides is 1. The number of aromatic nitrogens is 1. The van der Waals surface area contributed by atoms with Gasteiger partial charge in [-0.15, -0.1) is 11.8 Å². The third-order valence-corrected chi connectivity index (χ3v) is 6.91. The minimum absolute atomic E-state index is 0.00740. The molecular formula is C26H28N4O2S. The summed E-state index contributed by atoms with van der Waals surface area (Å²) in [6, 6.07) is 19.6. The fraction of sp³-hybridized carbons (Fsp3) is 0.269. The highest BCUT2D eigenvalue weighted by Crippen LogP contribution is 2.23. The minimum Gasteiger partial charge on any atom is -0.369 e. The van der Waals surface area contributed by atoms with Crippen LogP contribution in [0.2, 0.25) is 0 Å². The van der Waals surface area contributed by atoms with E-state index in [0.717, 1.165) is 54.4 Å². The summed E-state index contributed by atoms with van der Waals surface area (Å²) in [6.45, 7) is 2.50. The van der Waals surface area contributed by atoms with Gasteiger partial charge in [0.2, 0.25) is 5.91 Å². The normalized spacial score (nSPS) is 14.7. The second-order valence-electron chi connectivity index (χ2n) is 8.28. The van der Waals surface area contributed by atoms with Crippen molar-refractivity contribution >= 4 is 29.3 Å². The van der Waals surface area contributed by atoms with Crippen molar-refractivity contribution in [3.8, 4) is 0 Å². The Balaban J connectivity index is 1.30. The summed E-state index contributed by atoms with van der Waals surface area (Å²) >= 11 is 1.72. The molecule has 0 bridgehead atoms. The van der Waals surface area contributed by atoms with Crippen LogP contribution >= 0.6 is 11.8 Å². The van der Waals surface area contributed by atoms with Crippen LogP contribution in [0.3, 0.4) is 0 Å². The lowest BCUT2D eigenvalue weighted by Gasteiger charge is -2.30. The van der Waals surface area contributed by atoms with Crippen molar-refractivity contribution in [2.24, 2.45) is 11.7 Å². The zero-order chi connectivity index (χ0) is 23.0. The van der Waals surface area contributed by atoms with E-state index in [0.29, 0.717) is 5.56 Å². The summed E-state index contributed by atoms with van der Waals surface area (Å²) in [5.41, 5.74) is 9.13. The number of pyridine rings is 1. The smallest absolute Gasteiger partial charge is 0.255 e. The van der Waals surface area contributed by atoms with E-state index in [-0.39, 0.29) is 17.7 Å². The number of nitrogens with one attached hydrogen (secondary N) is 1. The lowest BCUT2D eigenvalue weighted by molar-refractivity contribution is -0.123. The Labute approximate surface area is 198 Å². The Hall–Kier alpha value is -3.16. The Morgan fingerprint density at radius 2 is 1.79 bits per heavy atom. The van der Waals surface area contributed by atoms with Crippen LogP contribution in [0.5, 0.6) is 0 Å². The molecule has 6 nitrogen and oxygen atoms in total. The number of rotatable bonds is 8. The molecule has 0 unspecified atom stereocenters. The van der Waals surface area contributed by atoms with Crippen molar-refractivity contribution in [3.63, 3.8) is 0 Å². The predicted molar refractivity (Wildman–Crippen MR) is 132 cm³/mol. The molecular weight excluding hydrogens is 432 g/mol. The first-order valence-electron chi connectivity index (χ1n) is 11.1. The van der Waals surface area contributed by atoms with Gasteiger partial charge in [-0.2, -0.15) is 0 Å². The van der Waals surface area contributed by atoms with E-state index in [1.54, 1.807) is 18.0 Å². The first-order chi connectivity index (χ1) is 16.1. The zero-order valence-electron chi connectivity index (χ0n) is 18.4. The van der Waals surface area contributed by atoms with Crippen molar-refractivity contribution < 1.29 is 9.59 Å². The number of carbonyl (C=O) groups is 2. The highest BCUT2D eigenvalue weighted by atomic mass is 32.2. The molecule has 1 fully saturated rings. The van der Waals surface area contributed by atoms with Crippen molar-refractivity contribution in [1.29, 1.82) is 0 Å². The molecule has 7 heteroatoms. The number of carbonyl (C=O) groups excluding carboxylic acids is 2. The molecule has 0 spiro atoms. The summed E-state index contributed by atoms with van der Waals surface area (Å²) in [4.78, 5) is 31.6. The van der Waals surface area contributed by atoms with E-state index in [1.807, 2.05) is 54.7 Å². The van der Waals surface area contributed by atoms with Gasteiger partial charge < -0.3 is 11.1 Å². The van der Waals surface area contributed by atoms with Gasteiger partial charge in [0, 0.05) is 46.8 Å². The number of likely N-dealkylation sites (tertiary alicyclic amines) is 1. The second kappa shape index (κ2) is 11.1. The number of thioether (sulfide) groups is 1. The number of anilines is 1. The lowest BCUT2D eigenvalue weighted by atomic mass is 9.96. The minimum atomic E-state index is -0.195. The molecule has 4 rings (SSSR count). The molecule has 0 atom stereocenters. The highest BCUT2D eigenvalue weighted by Gasteiger charge is 2.23. The van der Waals surface area contributed by atoms with E-state index in [9.17, 15) is 9.59 Å². The molecule has 1 saturated heterocycles. The van der Waals surface area contributed by atoms with E-state index in [4.69, 9.17) is 5.73 Å². The second-order valence-corrected chi connectivity index (χ2v) is 9.33. The predicted octanol–water partition coefficient (Wildman–Crippen LogP) is 4.32. The third-order valence-electron chi connectivity index (χ3n) is 5.83. The molecule has 1 aromatic heterocycles. The standard InChI is InChI=1S/C26H28N4O2S/c27-25(31)21-10-13-30(14-11-21)17-19-3-1-5-23(15-19)29-26(32)22-6-8-24(9-7-22)33-18-20-4-2-12-28-16-20/h1-9,12,15-16,21H,10-11,13-14,17-18H2,(H2,27,31)(H,29,32). The van der Waals surface area contributed by atoms with Crippen LogP contribution in [0.4, 0.5) is 5.69 Å². The van der Waals surface area contributed by atoms with E-state index >= 15 is 0 Å². The molecule has 1 aliphatic rings. The van der Waals surface area contributed by atoms with Gasteiger partial charge in [-0.25, -0.2) is 0 Å². The molecule has 0 saturated carbocycles. The molecule has 2 amide bonds. The average molecular weight is 461 g/mol. The van der Waals surface area contributed by atoms with Crippen molar-refractivity contribution in [1.82, 2.24) is 9.88 Å². The Kier molecular flexibility index (Phi) is 7.75. The fourth-order valence-electron chi connectivity index (χ4n) is 3.94. The van der Waals surface area contributed by atoms with Gasteiger partial charge in [0.1, 0.15) is 0 Å². The number of benzene rings is 2. The SMILES string of the molecule is NC(=O)C1CCN(Cc2cccc(NC(=O)c3ccc(SCc4cccnc4)cc3)c2)CC1. The number of nitrogens with two attached hydrogens (primary N) is 1. The van der Waals surface area contributed by atoms with Crippen LogP contribution in [0, 0.1) is 5.92 Å². The summed E-state index contributed by atoms with van der Waals surface area (Å²) in [6.07, 6.45) is 5.25. The summed E-state index contributed by atoms with van der Waals surface area (Å²) in [5, 5.41) is 3.00.